The minimum atomic E-state index is -0.586. The van der Waals surface area contributed by atoms with Gasteiger partial charge in [0.05, 0.1) is 38.9 Å². The van der Waals surface area contributed by atoms with E-state index in [0.717, 1.165) is 0 Å². The molecule has 0 unspecified atom stereocenters. The van der Waals surface area contributed by atoms with Gasteiger partial charge in [0.15, 0.2) is 0 Å². The highest BCUT2D eigenvalue weighted by Crippen LogP contribution is 2.38. The Labute approximate surface area is 141 Å². The van der Waals surface area contributed by atoms with E-state index in [1.807, 2.05) is 0 Å². The number of benzene rings is 2. The first-order valence-electron chi connectivity index (χ1n) is 7.34. The maximum absolute atomic E-state index is 14.5. The van der Waals surface area contributed by atoms with Gasteiger partial charge in [0, 0.05) is 11.8 Å². The number of aliphatic imine (C=N–C) groups is 1. The third-order valence-corrected chi connectivity index (χ3v) is 3.58. The van der Waals surface area contributed by atoms with Crippen LogP contribution in [0.15, 0.2) is 35.3 Å². The van der Waals surface area contributed by atoms with E-state index in [9.17, 15) is 9.18 Å². The molecular formula is C18H17BFNO3. The summed E-state index contributed by atoms with van der Waals surface area (Å²) in [5.41, 5.74) is 1.95. The highest BCUT2D eigenvalue weighted by Gasteiger charge is 2.21. The van der Waals surface area contributed by atoms with Crippen molar-refractivity contribution in [3.63, 3.8) is 0 Å². The average molecular weight is 325 g/mol. The molecule has 4 nitrogen and oxygen atoms in total. The quantitative estimate of drug-likeness (QED) is 0.479. The molecule has 0 fully saturated rings. The molecule has 0 saturated heterocycles. The summed E-state index contributed by atoms with van der Waals surface area (Å²) in [7, 11) is 8.45. The van der Waals surface area contributed by atoms with Crippen molar-refractivity contribution in [2.75, 3.05) is 14.2 Å². The molecule has 2 aromatic rings. The lowest BCUT2D eigenvalue weighted by molar-refractivity contribution is 0.0601. The summed E-state index contributed by atoms with van der Waals surface area (Å²) < 4.78 is 24.6. The van der Waals surface area contributed by atoms with Crippen molar-refractivity contribution < 1.29 is 18.7 Å². The van der Waals surface area contributed by atoms with Gasteiger partial charge < -0.3 is 9.47 Å². The number of carbonyl (C=O) groups is 1. The number of esters is 1. The maximum atomic E-state index is 14.5. The van der Waals surface area contributed by atoms with Crippen molar-refractivity contribution in [1.29, 1.82) is 0 Å². The van der Waals surface area contributed by atoms with E-state index < -0.39 is 11.8 Å². The monoisotopic (exact) mass is 325 g/mol. The van der Waals surface area contributed by atoms with Crippen LogP contribution in [-0.4, -0.2) is 34.2 Å². The Morgan fingerprint density at radius 3 is 2.67 bits per heavy atom. The van der Waals surface area contributed by atoms with Crippen LogP contribution in [0.3, 0.4) is 0 Å². The molecule has 122 valence electrons. The van der Waals surface area contributed by atoms with Crippen molar-refractivity contribution in [3.05, 3.63) is 47.3 Å². The van der Waals surface area contributed by atoms with Gasteiger partial charge in [-0.15, -0.1) is 0 Å². The second-order valence-corrected chi connectivity index (χ2v) is 4.93. The number of ether oxygens (including phenoxy) is 2. The predicted molar refractivity (Wildman–Crippen MR) is 93.0 cm³/mol. The second-order valence-electron chi connectivity index (χ2n) is 4.93. The first-order valence-corrected chi connectivity index (χ1v) is 7.34. The number of nitrogens with zero attached hydrogens (tertiary/aromatic N) is 1. The van der Waals surface area contributed by atoms with Crippen LogP contribution in [0.1, 0.15) is 22.8 Å². The van der Waals surface area contributed by atoms with Crippen molar-refractivity contribution in [2.24, 2.45) is 4.99 Å². The molecule has 6 heteroatoms. The van der Waals surface area contributed by atoms with Gasteiger partial charge in [0.25, 0.3) is 0 Å². The molecule has 0 aromatic heterocycles. The Bertz CT molecular complexity index is 790. The molecule has 0 aliphatic rings. The topological polar surface area (TPSA) is 47.9 Å². The molecule has 0 saturated carbocycles. The van der Waals surface area contributed by atoms with Crippen LogP contribution in [0.4, 0.5) is 10.1 Å². The maximum Gasteiger partial charge on any atom is 0.338 e. The van der Waals surface area contributed by atoms with E-state index in [1.165, 1.54) is 26.4 Å². The molecule has 2 aromatic carbocycles. The first-order chi connectivity index (χ1) is 11.6. The number of hydrogen-bond acceptors (Lipinski definition) is 4. The molecule has 0 bridgehead atoms. The summed E-state index contributed by atoms with van der Waals surface area (Å²) in [4.78, 5) is 16.4. The fourth-order valence-electron chi connectivity index (χ4n) is 2.48. The van der Waals surface area contributed by atoms with E-state index in [0.29, 0.717) is 22.6 Å². The lowest BCUT2D eigenvalue weighted by Gasteiger charge is -2.16. The predicted octanol–water partition coefficient (Wildman–Crippen LogP) is 3.68. The number of rotatable bonds is 5. The van der Waals surface area contributed by atoms with Gasteiger partial charge >= 0.3 is 5.97 Å². The smallest absolute Gasteiger partial charge is 0.338 e. The lowest BCUT2D eigenvalue weighted by Crippen LogP contribution is -2.06. The second kappa shape index (κ2) is 7.77. The zero-order chi connectivity index (χ0) is 17.7. The van der Waals surface area contributed by atoms with Crippen LogP contribution < -0.4 is 4.74 Å². The summed E-state index contributed by atoms with van der Waals surface area (Å²) in [5, 5.41) is 0. The average Bonchev–Trinajstić information content (AvgIpc) is 2.60. The van der Waals surface area contributed by atoms with Crippen LogP contribution in [0.5, 0.6) is 5.75 Å². The van der Waals surface area contributed by atoms with Crippen LogP contribution in [-0.2, 0) is 11.1 Å². The molecule has 24 heavy (non-hydrogen) atoms. The Morgan fingerprint density at radius 2 is 2.08 bits per heavy atom. The molecule has 0 aliphatic carbocycles. The Morgan fingerprint density at radius 1 is 1.33 bits per heavy atom. The van der Waals surface area contributed by atoms with Crippen molar-refractivity contribution in [3.8, 4) is 16.9 Å². The van der Waals surface area contributed by atoms with Crippen molar-refractivity contribution >= 4 is 25.7 Å². The van der Waals surface area contributed by atoms with Gasteiger partial charge in [-0.05, 0) is 36.8 Å². The highest BCUT2D eigenvalue weighted by atomic mass is 19.1. The molecule has 0 N–H and O–H groups in total. The molecule has 0 amide bonds. The van der Waals surface area contributed by atoms with E-state index in [-0.39, 0.29) is 17.4 Å². The largest absolute Gasteiger partial charge is 0.496 e. The first kappa shape index (κ1) is 17.7. The third kappa shape index (κ3) is 3.32. The van der Waals surface area contributed by atoms with Gasteiger partial charge in [0.2, 0.25) is 0 Å². The van der Waals surface area contributed by atoms with E-state index >= 15 is 0 Å². The lowest BCUT2D eigenvalue weighted by atomic mass is 9.89. The molecule has 0 atom stereocenters. The van der Waals surface area contributed by atoms with Crippen molar-refractivity contribution in [2.45, 2.75) is 13.2 Å². The molecule has 0 spiro atoms. The molecular weight excluding hydrogens is 308 g/mol. The van der Waals surface area contributed by atoms with Gasteiger partial charge in [0.1, 0.15) is 11.6 Å². The van der Waals surface area contributed by atoms with Crippen LogP contribution >= 0.6 is 0 Å². The summed E-state index contributed by atoms with van der Waals surface area (Å²) in [6.45, 7) is 1.76. The van der Waals surface area contributed by atoms with Crippen LogP contribution in [0, 0.1) is 5.82 Å². The normalized spacial score (nSPS) is 10.8. The standard InChI is InChI=1S/C18H17BFNO3/c1-4-21-15-9-12(13(18(22)24-3)8-11(15)10-19)17-14(20)6-5-7-16(17)23-2/h4-9H,10H2,1-3H3. The highest BCUT2D eigenvalue weighted by molar-refractivity contribution is 6.09. The zero-order valence-electron chi connectivity index (χ0n) is 13.8. The van der Waals surface area contributed by atoms with Crippen molar-refractivity contribution in [1.82, 2.24) is 0 Å². The number of methoxy groups -OCH3 is 2. The SMILES string of the molecule is [B]Cc1cc(C(=O)OC)c(-c2c(F)cccc2OC)cc1N=CC. The summed E-state index contributed by atoms with van der Waals surface area (Å²) in [6, 6.07) is 7.66. The van der Waals surface area contributed by atoms with E-state index in [2.05, 4.69) is 4.99 Å². The Kier molecular flexibility index (Phi) is 5.74. The van der Waals surface area contributed by atoms with Crippen LogP contribution in [0.25, 0.3) is 11.1 Å². The van der Waals surface area contributed by atoms with E-state index in [1.54, 1.807) is 31.3 Å². The third-order valence-electron chi connectivity index (χ3n) is 3.58. The van der Waals surface area contributed by atoms with E-state index in [4.69, 9.17) is 17.3 Å². The molecule has 2 rings (SSSR count). The summed E-state index contributed by atoms with van der Waals surface area (Å²) in [6.07, 6.45) is 1.79. The van der Waals surface area contributed by atoms with Gasteiger partial charge in [-0.3, -0.25) is 4.99 Å². The fourth-order valence-corrected chi connectivity index (χ4v) is 2.48. The summed E-state index contributed by atoms with van der Waals surface area (Å²) >= 11 is 0. The number of hydrogen-bond donors (Lipinski definition) is 0. The van der Waals surface area contributed by atoms with Gasteiger partial charge in [-0.1, -0.05) is 12.4 Å². The molecule has 0 aliphatic heterocycles. The molecule has 0 heterocycles. The van der Waals surface area contributed by atoms with Gasteiger partial charge in [-0.2, -0.15) is 0 Å². The Hall–Kier alpha value is -2.63. The fraction of sp³-hybridized carbons (Fsp3) is 0.222. The van der Waals surface area contributed by atoms with Gasteiger partial charge in [-0.25, -0.2) is 9.18 Å². The van der Waals surface area contributed by atoms with Crippen LogP contribution in [0.2, 0.25) is 0 Å². The Balaban J connectivity index is 2.85. The number of carbonyl (C=O) groups excluding carboxylic acids is 1. The zero-order valence-corrected chi connectivity index (χ0v) is 13.8. The minimum Gasteiger partial charge on any atom is -0.496 e. The minimum absolute atomic E-state index is 0.177. The summed E-state index contributed by atoms with van der Waals surface area (Å²) in [5.74, 6) is -0.782. The molecule has 2 radical (unpaired) electrons. The number of halogens is 1.